The van der Waals surface area contributed by atoms with Crippen LogP contribution in [0.5, 0.6) is 0 Å². The maximum absolute atomic E-state index is 12.2. The Balaban J connectivity index is 3.66. The Morgan fingerprint density at radius 3 is 1.79 bits per heavy atom. The number of phosphoric ester groups is 1. The molecular formula is C24H49NO7P+. The van der Waals surface area contributed by atoms with Gasteiger partial charge in [-0.1, -0.05) is 70.3 Å². The first-order valence-electron chi connectivity index (χ1n) is 12.4. The number of carboxylic acids is 1. The van der Waals surface area contributed by atoms with Crippen molar-refractivity contribution >= 4 is 13.8 Å². The molecule has 0 amide bonds. The van der Waals surface area contributed by atoms with Crippen molar-refractivity contribution in [2.45, 2.75) is 89.6 Å². The van der Waals surface area contributed by atoms with Gasteiger partial charge in [0.05, 0.1) is 40.8 Å². The van der Waals surface area contributed by atoms with E-state index < -0.39 is 19.9 Å². The van der Waals surface area contributed by atoms with E-state index in [2.05, 4.69) is 6.58 Å². The van der Waals surface area contributed by atoms with E-state index >= 15 is 0 Å². The molecule has 0 rings (SSSR count). The van der Waals surface area contributed by atoms with Gasteiger partial charge in [0.25, 0.3) is 0 Å². The van der Waals surface area contributed by atoms with E-state index in [0.29, 0.717) is 24.1 Å². The van der Waals surface area contributed by atoms with Gasteiger partial charge in [-0.05, 0) is 12.8 Å². The highest BCUT2D eigenvalue weighted by molar-refractivity contribution is 7.47. The van der Waals surface area contributed by atoms with Gasteiger partial charge in [0.1, 0.15) is 12.6 Å². The van der Waals surface area contributed by atoms with Crippen molar-refractivity contribution in [3.63, 3.8) is 0 Å². The molecule has 0 heterocycles. The number of nitrogens with zero attached hydrogens (tertiary/aromatic N) is 1. The fourth-order valence-corrected chi connectivity index (χ4v) is 4.52. The molecule has 0 aromatic carbocycles. The van der Waals surface area contributed by atoms with Crippen molar-refractivity contribution in [3.8, 4) is 0 Å². The highest BCUT2D eigenvalue weighted by atomic mass is 31.2. The fourth-order valence-electron chi connectivity index (χ4n) is 3.58. The Hall–Kier alpha value is -0.760. The van der Waals surface area contributed by atoms with Gasteiger partial charge < -0.3 is 19.2 Å². The van der Waals surface area contributed by atoms with Gasteiger partial charge >= 0.3 is 13.8 Å². The third-order valence-electron chi connectivity index (χ3n) is 5.11. The lowest BCUT2D eigenvalue weighted by Crippen LogP contribution is -2.42. The Labute approximate surface area is 201 Å². The van der Waals surface area contributed by atoms with Crippen molar-refractivity contribution in [1.29, 1.82) is 0 Å². The number of carboxylic acid groups (broad SMARTS) is 1. The molecule has 0 aliphatic carbocycles. The first kappa shape index (κ1) is 32.2. The van der Waals surface area contributed by atoms with E-state index in [1.54, 1.807) is 6.08 Å². The quantitative estimate of drug-likeness (QED) is 0.0784. The van der Waals surface area contributed by atoms with Gasteiger partial charge in [0, 0.05) is 6.61 Å². The van der Waals surface area contributed by atoms with Crippen LogP contribution in [0.4, 0.5) is 0 Å². The van der Waals surface area contributed by atoms with Crippen LogP contribution >= 0.6 is 7.82 Å². The summed E-state index contributed by atoms with van der Waals surface area (Å²) >= 11 is 0. The molecule has 0 saturated carbocycles. The van der Waals surface area contributed by atoms with Crippen LogP contribution in [-0.4, -0.2) is 74.1 Å². The number of likely N-dealkylation sites (N-methyl/N-ethyl adjacent to an activating group) is 1. The lowest BCUT2D eigenvalue weighted by molar-refractivity contribution is -0.873. The number of quaternary nitrogens is 1. The Bertz CT molecular complexity index is 551. The molecular weight excluding hydrogens is 445 g/mol. The van der Waals surface area contributed by atoms with E-state index in [0.717, 1.165) is 32.3 Å². The van der Waals surface area contributed by atoms with Crippen LogP contribution in [0.2, 0.25) is 0 Å². The first-order valence-corrected chi connectivity index (χ1v) is 13.9. The SMILES string of the molecule is C=CCOCCCCCCCCCCCCCCOP(=O)(O)O[C@H](CC(=O)O)C[N+](C)(C)C. The van der Waals surface area contributed by atoms with Gasteiger partial charge in [-0.2, -0.15) is 0 Å². The number of hydrogen-bond acceptors (Lipinski definition) is 5. The maximum atomic E-state index is 12.2. The molecule has 0 saturated heterocycles. The van der Waals surface area contributed by atoms with Crippen molar-refractivity contribution in [1.82, 2.24) is 0 Å². The Morgan fingerprint density at radius 2 is 1.36 bits per heavy atom. The average Bonchev–Trinajstić information content (AvgIpc) is 2.68. The molecule has 9 heteroatoms. The molecule has 0 bridgehead atoms. The predicted octanol–water partition coefficient (Wildman–Crippen LogP) is 5.55. The van der Waals surface area contributed by atoms with Gasteiger partial charge in [0.15, 0.2) is 0 Å². The monoisotopic (exact) mass is 494 g/mol. The number of hydrogen-bond donors (Lipinski definition) is 2. The van der Waals surface area contributed by atoms with Crippen molar-refractivity contribution in [2.24, 2.45) is 0 Å². The van der Waals surface area contributed by atoms with Gasteiger partial charge in [-0.25, -0.2) is 4.57 Å². The normalized spacial score (nSPS) is 14.7. The summed E-state index contributed by atoms with van der Waals surface area (Å²) < 4.78 is 28.1. The first-order chi connectivity index (χ1) is 15.6. The third kappa shape index (κ3) is 24.2. The number of carbonyl (C=O) groups is 1. The van der Waals surface area contributed by atoms with Crippen LogP contribution in [0, 0.1) is 0 Å². The van der Waals surface area contributed by atoms with Crippen LogP contribution in [0.3, 0.4) is 0 Å². The zero-order valence-electron chi connectivity index (χ0n) is 21.2. The average molecular weight is 495 g/mol. The lowest BCUT2D eigenvalue weighted by Gasteiger charge is -2.29. The van der Waals surface area contributed by atoms with Crippen LogP contribution in [-0.2, 0) is 23.1 Å². The molecule has 0 aromatic heterocycles. The van der Waals surface area contributed by atoms with E-state index in [1.807, 2.05) is 21.1 Å². The summed E-state index contributed by atoms with van der Waals surface area (Å²) in [5.41, 5.74) is 0. The molecule has 1 unspecified atom stereocenters. The zero-order valence-corrected chi connectivity index (χ0v) is 22.1. The minimum atomic E-state index is -4.26. The zero-order chi connectivity index (χ0) is 25.0. The van der Waals surface area contributed by atoms with Crippen molar-refractivity contribution in [2.75, 3.05) is 47.5 Å². The second-order valence-corrected chi connectivity index (χ2v) is 11.1. The molecule has 8 nitrogen and oxygen atoms in total. The number of unbranched alkanes of at least 4 members (excludes halogenated alkanes) is 11. The molecule has 2 N–H and O–H groups in total. The van der Waals surface area contributed by atoms with E-state index in [4.69, 9.17) is 18.9 Å². The summed E-state index contributed by atoms with van der Waals surface area (Å²) in [6, 6.07) is 0. The Kier molecular flexibility index (Phi) is 19.1. The van der Waals surface area contributed by atoms with Gasteiger partial charge in [-0.15, -0.1) is 6.58 Å². The van der Waals surface area contributed by atoms with Crippen LogP contribution < -0.4 is 0 Å². The van der Waals surface area contributed by atoms with E-state index in [9.17, 15) is 14.3 Å². The second-order valence-electron chi connectivity index (χ2n) is 9.71. The summed E-state index contributed by atoms with van der Waals surface area (Å²) in [7, 11) is 1.33. The van der Waals surface area contributed by atoms with Crippen LogP contribution in [0.15, 0.2) is 12.7 Å². The standard InChI is InChI=1S/C24H48NO7P/c1-5-18-30-19-16-14-12-10-8-6-7-9-11-13-15-17-20-31-33(28,29)32-23(21-24(26)27)22-25(2,3)4/h5,23H,1,6-22H2,2-4H3,(H-,26,27,28,29)/p+1/t23-/m1/s1. The highest BCUT2D eigenvalue weighted by Crippen LogP contribution is 2.45. The Morgan fingerprint density at radius 1 is 0.909 bits per heavy atom. The molecule has 2 atom stereocenters. The summed E-state index contributed by atoms with van der Waals surface area (Å²) in [6.07, 6.45) is 14.4. The third-order valence-corrected chi connectivity index (χ3v) is 6.18. The summed E-state index contributed by atoms with van der Waals surface area (Å²) in [4.78, 5) is 20.9. The predicted molar refractivity (Wildman–Crippen MR) is 132 cm³/mol. The fraction of sp³-hybridized carbons (Fsp3) is 0.875. The smallest absolute Gasteiger partial charge is 0.472 e. The molecule has 0 aliphatic rings. The topological polar surface area (TPSA) is 102 Å². The van der Waals surface area contributed by atoms with Gasteiger partial charge in [-0.3, -0.25) is 13.8 Å². The number of phosphoric acid groups is 1. The summed E-state index contributed by atoms with van der Waals surface area (Å²) in [6.45, 7) is 5.55. The second kappa shape index (κ2) is 19.5. The maximum Gasteiger partial charge on any atom is 0.472 e. The van der Waals surface area contributed by atoms with Gasteiger partial charge in [0.2, 0.25) is 0 Å². The molecule has 196 valence electrons. The number of rotatable bonds is 24. The largest absolute Gasteiger partial charge is 0.481 e. The van der Waals surface area contributed by atoms with Crippen molar-refractivity contribution < 1.29 is 37.6 Å². The summed E-state index contributed by atoms with van der Waals surface area (Å²) in [5, 5.41) is 9.00. The minimum absolute atomic E-state index is 0.135. The molecule has 0 aliphatic heterocycles. The molecule has 0 radical (unpaired) electrons. The highest BCUT2D eigenvalue weighted by Gasteiger charge is 2.31. The number of aliphatic carboxylic acids is 1. The molecule has 0 fully saturated rings. The van der Waals surface area contributed by atoms with Crippen LogP contribution in [0.25, 0.3) is 0 Å². The van der Waals surface area contributed by atoms with E-state index in [-0.39, 0.29) is 13.0 Å². The van der Waals surface area contributed by atoms with E-state index in [1.165, 1.54) is 44.9 Å². The number of ether oxygens (including phenoxy) is 1. The minimum Gasteiger partial charge on any atom is -0.481 e. The molecule has 0 aromatic rings. The van der Waals surface area contributed by atoms with Crippen molar-refractivity contribution in [3.05, 3.63) is 12.7 Å². The summed E-state index contributed by atoms with van der Waals surface area (Å²) in [5.74, 6) is -1.07. The molecule has 33 heavy (non-hydrogen) atoms. The molecule has 0 spiro atoms. The van der Waals surface area contributed by atoms with Crippen LogP contribution in [0.1, 0.15) is 83.5 Å². The lowest BCUT2D eigenvalue weighted by atomic mass is 10.1.